The minimum atomic E-state index is -0.735. The van der Waals surface area contributed by atoms with Crippen molar-refractivity contribution in [2.75, 3.05) is 13.4 Å². The highest BCUT2D eigenvalue weighted by atomic mass is 16.7. The molecular formula is C18H21NO6. The molecule has 0 fully saturated rings. The highest BCUT2D eigenvalue weighted by molar-refractivity contribution is 6.00. The first-order valence-corrected chi connectivity index (χ1v) is 8.09. The van der Waals surface area contributed by atoms with Gasteiger partial charge in [-0.15, -0.1) is 0 Å². The van der Waals surface area contributed by atoms with Crippen molar-refractivity contribution in [1.29, 1.82) is 0 Å². The molecule has 2 aromatic rings. The van der Waals surface area contributed by atoms with Crippen LogP contribution >= 0.6 is 0 Å². The third kappa shape index (κ3) is 3.01. The van der Waals surface area contributed by atoms with Gasteiger partial charge in [-0.1, -0.05) is 20.8 Å². The van der Waals surface area contributed by atoms with Crippen LogP contribution in [-0.2, 0) is 11.3 Å². The van der Waals surface area contributed by atoms with Gasteiger partial charge in [0, 0.05) is 11.9 Å². The smallest absolute Gasteiger partial charge is 0.358 e. The Morgan fingerprint density at radius 2 is 1.84 bits per heavy atom. The second-order valence-corrected chi connectivity index (χ2v) is 7.12. The van der Waals surface area contributed by atoms with Gasteiger partial charge in [-0.3, -0.25) is 9.36 Å². The number of rotatable bonds is 3. The quantitative estimate of drug-likeness (QED) is 0.859. The Hall–Kier alpha value is -2.70. The Labute approximate surface area is 144 Å². The number of aromatic nitrogens is 1. The average molecular weight is 347 g/mol. The van der Waals surface area contributed by atoms with Crippen LogP contribution in [0.4, 0.5) is 0 Å². The topological polar surface area (TPSA) is 87.0 Å². The number of benzene rings is 1. The standard InChI is InChI=1S/C18H21NO6/c1-5-23-17(22)14-15(20)10-6-12-13(25-9-24-12)7-11(10)16(21)19(14)8-18(2,3)4/h6-7,20H,5,8-9H2,1-4H3. The molecule has 7 nitrogen and oxygen atoms in total. The molecule has 0 saturated heterocycles. The molecule has 3 rings (SSSR count). The van der Waals surface area contributed by atoms with E-state index in [-0.39, 0.29) is 53.1 Å². The van der Waals surface area contributed by atoms with E-state index in [2.05, 4.69) is 0 Å². The number of carbonyl (C=O) groups is 1. The average Bonchev–Trinajstić information content (AvgIpc) is 2.97. The first-order chi connectivity index (χ1) is 11.7. The maximum atomic E-state index is 13.0. The fourth-order valence-corrected chi connectivity index (χ4v) is 2.85. The number of hydrogen-bond donors (Lipinski definition) is 1. The summed E-state index contributed by atoms with van der Waals surface area (Å²) in [5.41, 5.74) is -0.821. The number of fused-ring (bicyclic) bond motifs is 2. The number of carbonyl (C=O) groups excluding carboxylic acids is 1. The SMILES string of the molecule is CCOC(=O)c1c(O)c2cc3c(cc2c(=O)n1CC(C)(C)C)OCO3. The molecule has 1 aliphatic rings. The zero-order valence-electron chi connectivity index (χ0n) is 14.7. The maximum absolute atomic E-state index is 13.0. The molecule has 0 aliphatic carbocycles. The van der Waals surface area contributed by atoms with Crippen LogP contribution in [0.5, 0.6) is 17.2 Å². The second kappa shape index (κ2) is 5.98. The molecule has 0 atom stereocenters. The van der Waals surface area contributed by atoms with Gasteiger partial charge in [0.05, 0.1) is 12.0 Å². The van der Waals surface area contributed by atoms with Crippen molar-refractivity contribution in [3.63, 3.8) is 0 Å². The molecule has 1 aliphatic heterocycles. The van der Waals surface area contributed by atoms with Crippen LogP contribution in [0.3, 0.4) is 0 Å². The summed E-state index contributed by atoms with van der Waals surface area (Å²) in [4.78, 5) is 25.4. The van der Waals surface area contributed by atoms with E-state index < -0.39 is 5.97 Å². The lowest BCUT2D eigenvalue weighted by Crippen LogP contribution is -2.32. The summed E-state index contributed by atoms with van der Waals surface area (Å²) in [7, 11) is 0. The highest BCUT2D eigenvalue weighted by Crippen LogP contribution is 2.39. The Morgan fingerprint density at radius 3 is 2.40 bits per heavy atom. The first kappa shape index (κ1) is 17.1. The zero-order chi connectivity index (χ0) is 18.4. The highest BCUT2D eigenvalue weighted by Gasteiger charge is 2.27. The van der Waals surface area contributed by atoms with E-state index in [0.29, 0.717) is 11.5 Å². The number of esters is 1. The van der Waals surface area contributed by atoms with E-state index in [4.69, 9.17) is 14.2 Å². The van der Waals surface area contributed by atoms with Crippen molar-refractivity contribution in [1.82, 2.24) is 4.57 Å². The van der Waals surface area contributed by atoms with Gasteiger partial charge in [-0.2, -0.15) is 0 Å². The van der Waals surface area contributed by atoms with Crippen molar-refractivity contribution in [3.05, 3.63) is 28.2 Å². The minimum absolute atomic E-state index is 0.0489. The van der Waals surface area contributed by atoms with Gasteiger partial charge < -0.3 is 19.3 Å². The Kier molecular flexibility index (Phi) is 4.10. The van der Waals surface area contributed by atoms with E-state index in [0.717, 1.165) is 0 Å². The zero-order valence-corrected chi connectivity index (χ0v) is 14.7. The molecule has 134 valence electrons. The second-order valence-electron chi connectivity index (χ2n) is 7.12. The van der Waals surface area contributed by atoms with Crippen molar-refractivity contribution in [3.8, 4) is 17.2 Å². The lowest BCUT2D eigenvalue weighted by atomic mass is 9.96. The Bertz CT molecular complexity index is 907. The largest absolute Gasteiger partial charge is 0.505 e. The van der Waals surface area contributed by atoms with Crippen LogP contribution in [0, 0.1) is 5.41 Å². The molecule has 0 spiro atoms. The number of ether oxygens (including phenoxy) is 3. The predicted octanol–water partition coefficient (Wildman–Crippen LogP) is 2.66. The van der Waals surface area contributed by atoms with Crippen LogP contribution in [0.15, 0.2) is 16.9 Å². The van der Waals surface area contributed by atoms with Gasteiger partial charge in [-0.05, 0) is 24.5 Å². The molecular weight excluding hydrogens is 326 g/mol. The van der Waals surface area contributed by atoms with Gasteiger partial charge in [0.25, 0.3) is 5.56 Å². The third-order valence-corrected chi connectivity index (χ3v) is 3.84. The van der Waals surface area contributed by atoms with Crippen molar-refractivity contribution in [2.24, 2.45) is 5.41 Å². The van der Waals surface area contributed by atoms with E-state index in [1.165, 1.54) is 16.7 Å². The molecule has 1 aromatic heterocycles. The molecule has 0 radical (unpaired) electrons. The van der Waals surface area contributed by atoms with Crippen LogP contribution in [0.25, 0.3) is 10.8 Å². The number of nitrogens with zero attached hydrogens (tertiary/aromatic N) is 1. The summed E-state index contributed by atoms with van der Waals surface area (Å²) in [6, 6.07) is 3.05. The van der Waals surface area contributed by atoms with Crippen molar-refractivity contribution < 1.29 is 24.1 Å². The molecule has 25 heavy (non-hydrogen) atoms. The molecule has 0 unspecified atom stereocenters. The molecule has 2 heterocycles. The molecule has 1 N–H and O–H groups in total. The van der Waals surface area contributed by atoms with Gasteiger partial charge in [0.15, 0.2) is 22.9 Å². The first-order valence-electron chi connectivity index (χ1n) is 8.09. The van der Waals surface area contributed by atoms with Crippen molar-refractivity contribution >= 4 is 16.7 Å². The summed E-state index contributed by atoms with van der Waals surface area (Å²) in [6.45, 7) is 7.92. The molecule has 0 amide bonds. The number of aromatic hydroxyl groups is 1. The van der Waals surface area contributed by atoms with Gasteiger partial charge in [-0.25, -0.2) is 4.79 Å². The monoisotopic (exact) mass is 347 g/mol. The minimum Gasteiger partial charge on any atom is -0.505 e. The summed E-state index contributed by atoms with van der Waals surface area (Å²) in [5, 5.41) is 11.2. The summed E-state index contributed by atoms with van der Waals surface area (Å²) in [6.07, 6.45) is 0. The normalized spacial score (nSPS) is 13.3. The Morgan fingerprint density at radius 1 is 1.24 bits per heavy atom. The van der Waals surface area contributed by atoms with Gasteiger partial charge >= 0.3 is 5.97 Å². The summed E-state index contributed by atoms with van der Waals surface area (Å²) >= 11 is 0. The van der Waals surface area contributed by atoms with Gasteiger partial charge in [0.2, 0.25) is 6.79 Å². The fourth-order valence-electron chi connectivity index (χ4n) is 2.85. The molecule has 0 saturated carbocycles. The predicted molar refractivity (Wildman–Crippen MR) is 91.4 cm³/mol. The van der Waals surface area contributed by atoms with Crippen molar-refractivity contribution in [2.45, 2.75) is 34.2 Å². The maximum Gasteiger partial charge on any atom is 0.358 e. The lowest BCUT2D eigenvalue weighted by Gasteiger charge is -2.23. The van der Waals surface area contributed by atoms with Crippen LogP contribution in [0.1, 0.15) is 38.2 Å². The van der Waals surface area contributed by atoms with E-state index >= 15 is 0 Å². The van der Waals surface area contributed by atoms with E-state index in [1.54, 1.807) is 6.92 Å². The lowest BCUT2D eigenvalue weighted by molar-refractivity contribution is 0.0505. The van der Waals surface area contributed by atoms with E-state index in [9.17, 15) is 14.7 Å². The molecule has 7 heteroatoms. The molecule has 0 bridgehead atoms. The fraction of sp³-hybridized carbons (Fsp3) is 0.444. The summed E-state index contributed by atoms with van der Waals surface area (Å²) in [5.74, 6) is -0.169. The van der Waals surface area contributed by atoms with Crippen LogP contribution in [0.2, 0.25) is 0 Å². The summed E-state index contributed by atoms with van der Waals surface area (Å²) < 4.78 is 16.9. The van der Waals surface area contributed by atoms with Crippen LogP contribution in [-0.4, -0.2) is 29.0 Å². The van der Waals surface area contributed by atoms with Crippen LogP contribution < -0.4 is 15.0 Å². The third-order valence-electron chi connectivity index (χ3n) is 3.84. The van der Waals surface area contributed by atoms with Gasteiger partial charge in [0.1, 0.15) is 0 Å². The Balaban J connectivity index is 2.35. The van der Waals surface area contributed by atoms with E-state index in [1.807, 2.05) is 20.8 Å². The molecule has 1 aromatic carbocycles. The number of hydrogen-bond acceptors (Lipinski definition) is 6. The number of pyridine rings is 1.